The molecular formula is C16H29NO2. The summed E-state index contributed by atoms with van der Waals surface area (Å²) in [6.07, 6.45) is 11.2. The fourth-order valence-corrected chi connectivity index (χ4v) is 2.57. The minimum atomic E-state index is -0.409. The minimum Gasteiger partial charge on any atom is -0.444 e. The van der Waals surface area contributed by atoms with Crippen molar-refractivity contribution >= 4 is 6.09 Å². The molecule has 1 saturated carbocycles. The third-order valence-corrected chi connectivity index (χ3v) is 3.54. The molecule has 3 nitrogen and oxygen atoms in total. The number of alkyl carbamates (subject to hydrolysis) is 1. The van der Waals surface area contributed by atoms with Crippen molar-refractivity contribution in [2.24, 2.45) is 5.92 Å². The highest BCUT2D eigenvalue weighted by molar-refractivity contribution is 5.68. The summed E-state index contributed by atoms with van der Waals surface area (Å²) in [5, 5.41) is 2.99. The van der Waals surface area contributed by atoms with E-state index in [-0.39, 0.29) is 6.09 Å². The van der Waals surface area contributed by atoms with Gasteiger partial charge in [-0.1, -0.05) is 12.2 Å². The molecule has 1 amide bonds. The zero-order valence-corrected chi connectivity index (χ0v) is 12.9. The number of amides is 1. The zero-order valence-electron chi connectivity index (χ0n) is 12.9. The van der Waals surface area contributed by atoms with Gasteiger partial charge in [-0.3, -0.25) is 0 Å². The van der Waals surface area contributed by atoms with E-state index in [1.807, 2.05) is 20.8 Å². The lowest BCUT2D eigenvalue weighted by Gasteiger charge is -2.30. The van der Waals surface area contributed by atoms with Gasteiger partial charge in [0.05, 0.1) is 0 Å². The summed E-state index contributed by atoms with van der Waals surface area (Å²) >= 11 is 0. The van der Waals surface area contributed by atoms with Gasteiger partial charge in [0.2, 0.25) is 0 Å². The molecule has 0 aromatic rings. The van der Waals surface area contributed by atoms with E-state index >= 15 is 0 Å². The highest BCUT2D eigenvalue weighted by atomic mass is 16.6. The molecule has 110 valence electrons. The molecule has 0 atom stereocenters. The lowest BCUT2D eigenvalue weighted by molar-refractivity contribution is 0.0487. The number of hydrogen-bond acceptors (Lipinski definition) is 2. The van der Waals surface area contributed by atoms with Crippen molar-refractivity contribution in [1.29, 1.82) is 0 Å². The Labute approximate surface area is 117 Å². The van der Waals surface area contributed by atoms with Gasteiger partial charge in [-0.05, 0) is 72.1 Å². The number of allylic oxidation sites excluding steroid dienone is 2. The third kappa shape index (κ3) is 7.24. The van der Waals surface area contributed by atoms with E-state index in [4.69, 9.17) is 4.74 Å². The lowest BCUT2D eigenvalue weighted by Crippen LogP contribution is -2.40. The van der Waals surface area contributed by atoms with Gasteiger partial charge in [-0.25, -0.2) is 4.79 Å². The zero-order chi connectivity index (χ0) is 14.3. The smallest absolute Gasteiger partial charge is 0.407 e. The second-order valence-corrected chi connectivity index (χ2v) is 6.51. The fourth-order valence-electron chi connectivity index (χ4n) is 2.57. The van der Waals surface area contributed by atoms with E-state index in [9.17, 15) is 4.79 Å². The summed E-state index contributed by atoms with van der Waals surface area (Å²) in [7, 11) is 0. The van der Waals surface area contributed by atoms with Gasteiger partial charge in [-0.15, -0.1) is 0 Å². The molecule has 0 saturated heterocycles. The molecule has 1 aliphatic carbocycles. The highest BCUT2D eigenvalue weighted by Gasteiger charge is 2.24. The van der Waals surface area contributed by atoms with Gasteiger partial charge in [0.15, 0.2) is 0 Å². The average molecular weight is 267 g/mol. The first kappa shape index (κ1) is 16.1. The van der Waals surface area contributed by atoms with Crippen LogP contribution < -0.4 is 5.32 Å². The first-order valence-electron chi connectivity index (χ1n) is 7.51. The standard InChI is InChI=1S/C16H29NO2/c1-5-6-7-8-13-9-11-14(12-10-13)17-15(18)19-16(2,3)4/h5-6,13-14H,7-12H2,1-4H3,(H,17,18). The molecule has 0 unspecified atom stereocenters. The quantitative estimate of drug-likeness (QED) is 0.765. The molecule has 0 spiro atoms. The molecule has 19 heavy (non-hydrogen) atoms. The number of hydrogen-bond donors (Lipinski definition) is 1. The maximum Gasteiger partial charge on any atom is 0.407 e. The van der Waals surface area contributed by atoms with Gasteiger partial charge in [-0.2, -0.15) is 0 Å². The topological polar surface area (TPSA) is 38.3 Å². The second kappa shape index (κ2) is 7.56. The molecule has 0 aromatic heterocycles. The summed E-state index contributed by atoms with van der Waals surface area (Å²) in [6, 6.07) is 0.299. The monoisotopic (exact) mass is 267 g/mol. The minimum absolute atomic E-state index is 0.273. The fraction of sp³-hybridized carbons (Fsp3) is 0.812. The predicted octanol–water partition coefficient (Wildman–Crippen LogP) is 4.43. The van der Waals surface area contributed by atoms with E-state index in [0.717, 1.165) is 18.8 Å². The summed E-state index contributed by atoms with van der Waals surface area (Å²) in [4.78, 5) is 11.7. The Hall–Kier alpha value is -0.990. The first-order chi connectivity index (χ1) is 8.90. The summed E-state index contributed by atoms with van der Waals surface area (Å²) in [5.41, 5.74) is -0.409. The molecule has 0 aliphatic heterocycles. The van der Waals surface area contributed by atoms with Crippen molar-refractivity contribution in [3.63, 3.8) is 0 Å². The van der Waals surface area contributed by atoms with E-state index in [2.05, 4.69) is 24.4 Å². The van der Waals surface area contributed by atoms with Crippen molar-refractivity contribution in [3.05, 3.63) is 12.2 Å². The normalized spacial score (nSPS) is 24.4. The molecular weight excluding hydrogens is 238 g/mol. The first-order valence-corrected chi connectivity index (χ1v) is 7.51. The average Bonchev–Trinajstić information content (AvgIpc) is 2.29. The van der Waals surface area contributed by atoms with Gasteiger partial charge in [0.25, 0.3) is 0 Å². The second-order valence-electron chi connectivity index (χ2n) is 6.51. The van der Waals surface area contributed by atoms with Crippen LogP contribution in [0.25, 0.3) is 0 Å². The van der Waals surface area contributed by atoms with Crippen LogP contribution in [-0.4, -0.2) is 17.7 Å². The Morgan fingerprint density at radius 2 is 1.89 bits per heavy atom. The van der Waals surface area contributed by atoms with Crippen LogP contribution in [0.1, 0.15) is 66.2 Å². The SMILES string of the molecule is CC=CCCC1CCC(NC(=O)OC(C)(C)C)CC1. The molecule has 0 aromatic carbocycles. The number of carbonyl (C=O) groups excluding carboxylic acids is 1. The van der Waals surface area contributed by atoms with Gasteiger partial charge in [0, 0.05) is 6.04 Å². The van der Waals surface area contributed by atoms with Crippen molar-refractivity contribution in [3.8, 4) is 0 Å². The maximum absolute atomic E-state index is 11.7. The maximum atomic E-state index is 11.7. The Kier molecular flexibility index (Phi) is 6.40. The van der Waals surface area contributed by atoms with Crippen molar-refractivity contribution in [2.45, 2.75) is 77.9 Å². The molecule has 0 bridgehead atoms. The Morgan fingerprint density at radius 3 is 2.42 bits per heavy atom. The Bertz CT molecular complexity index is 296. The third-order valence-electron chi connectivity index (χ3n) is 3.54. The Morgan fingerprint density at radius 1 is 1.26 bits per heavy atom. The largest absolute Gasteiger partial charge is 0.444 e. The van der Waals surface area contributed by atoms with Crippen LogP contribution in [0.5, 0.6) is 0 Å². The number of nitrogens with one attached hydrogen (secondary N) is 1. The number of rotatable bonds is 4. The molecule has 1 N–H and O–H groups in total. The van der Waals surface area contributed by atoms with Crippen LogP contribution in [0.15, 0.2) is 12.2 Å². The summed E-state index contributed by atoms with van der Waals surface area (Å²) < 4.78 is 5.29. The van der Waals surface area contributed by atoms with Crippen LogP contribution >= 0.6 is 0 Å². The van der Waals surface area contributed by atoms with Gasteiger partial charge >= 0.3 is 6.09 Å². The molecule has 1 aliphatic rings. The predicted molar refractivity (Wildman–Crippen MR) is 79.2 cm³/mol. The number of ether oxygens (including phenoxy) is 1. The molecule has 3 heteroatoms. The lowest BCUT2D eigenvalue weighted by atomic mass is 9.83. The van der Waals surface area contributed by atoms with E-state index in [0.29, 0.717) is 6.04 Å². The van der Waals surface area contributed by atoms with Crippen LogP contribution in [0.2, 0.25) is 0 Å². The highest BCUT2D eigenvalue weighted by Crippen LogP contribution is 2.28. The van der Waals surface area contributed by atoms with Crippen molar-refractivity contribution in [2.75, 3.05) is 0 Å². The van der Waals surface area contributed by atoms with Gasteiger partial charge < -0.3 is 10.1 Å². The Balaban J connectivity index is 2.21. The molecule has 1 rings (SSSR count). The molecule has 0 heterocycles. The van der Waals surface area contributed by atoms with Gasteiger partial charge in [0.1, 0.15) is 5.60 Å². The van der Waals surface area contributed by atoms with Crippen LogP contribution in [-0.2, 0) is 4.74 Å². The summed E-state index contributed by atoms with van der Waals surface area (Å²) in [6.45, 7) is 7.75. The summed E-state index contributed by atoms with van der Waals surface area (Å²) in [5.74, 6) is 0.827. The number of carbonyl (C=O) groups is 1. The van der Waals surface area contributed by atoms with E-state index in [1.54, 1.807) is 0 Å². The van der Waals surface area contributed by atoms with Crippen LogP contribution in [0.3, 0.4) is 0 Å². The van der Waals surface area contributed by atoms with E-state index < -0.39 is 5.60 Å². The van der Waals surface area contributed by atoms with Crippen molar-refractivity contribution in [1.82, 2.24) is 5.32 Å². The molecule has 0 radical (unpaired) electrons. The van der Waals surface area contributed by atoms with Crippen LogP contribution in [0, 0.1) is 5.92 Å². The van der Waals surface area contributed by atoms with Crippen LogP contribution in [0.4, 0.5) is 4.79 Å². The van der Waals surface area contributed by atoms with E-state index in [1.165, 1.54) is 25.7 Å². The van der Waals surface area contributed by atoms with Crippen molar-refractivity contribution < 1.29 is 9.53 Å². The molecule has 1 fully saturated rings.